The van der Waals surface area contributed by atoms with Crippen LogP contribution in [0.5, 0.6) is 0 Å². The number of nitrogens with one attached hydrogen (secondary N) is 1. The van der Waals surface area contributed by atoms with E-state index in [2.05, 4.69) is 10.4 Å². The molecule has 3 aromatic rings. The van der Waals surface area contributed by atoms with Crippen LogP contribution in [0.25, 0.3) is 10.2 Å². The first-order valence-corrected chi connectivity index (χ1v) is 9.86. The summed E-state index contributed by atoms with van der Waals surface area (Å²) in [5.41, 5.74) is 1.37. The van der Waals surface area contributed by atoms with Crippen LogP contribution in [-0.4, -0.2) is 25.9 Å². The van der Waals surface area contributed by atoms with E-state index in [-0.39, 0.29) is 5.56 Å². The van der Waals surface area contributed by atoms with Crippen molar-refractivity contribution in [3.8, 4) is 0 Å². The van der Waals surface area contributed by atoms with Crippen LogP contribution in [0.4, 0.5) is 5.95 Å². The van der Waals surface area contributed by atoms with Gasteiger partial charge in [0.15, 0.2) is 0 Å². The molecule has 0 spiro atoms. The highest BCUT2D eigenvalue weighted by Crippen LogP contribution is 2.34. The Morgan fingerprint density at radius 1 is 1.32 bits per heavy atom. The minimum atomic E-state index is 0.112. The van der Waals surface area contributed by atoms with E-state index in [1.54, 1.807) is 22.1 Å². The minimum Gasteiger partial charge on any atom is -0.355 e. The summed E-state index contributed by atoms with van der Waals surface area (Å²) in [5, 5.41) is 8.43. The van der Waals surface area contributed by atoms with E-state index in [1.165, 1.54) is 23.3 Å². The van der Waals surface area contributed by atoms with E-state index in [0.717, 1.165) is 42.6 Å². The first kappa shape index (κ1) is 16.3. The zero-order chi connectivity index (χ0) is 17.2. The summed E-state index contributed by atoms with van der Waals surface area (Å²) in [5.74, 6) is 0.694. The highest BCUT2D eigenvalue weighted by Gasteiger charge is 2.21. The monoisotopic (exact) mass is 357 g/mol. The van der Waals surface area contributed by atoms with Gasteiger partial charge < -0.3 is 5.32 Å². The third kappa shape index (κ3) is 3.08. The fourth-order valence-electron chi connectivity index (χ4n) is 3.54. The van der Waals surface area contributed by atoms with E-state index >= 15 is 0 Å². The summed E-state index contributed by atoms with van der Waals surface area (Å²) in [6.45, 7) is 4.26. The zero-order valence-corrected chi connectivity index (χ0v) is 15.3. The lowest BCUT2D eigenvalue weighted by atomic mass is 9.97. The quantitative estimate of drug-likeness (QED) is 0.689. The molecule has 3 heterocycles. The molecule has 0 saturated carbocycles. The number of aryl methyl sites for hydroxylation is 3. The van der Waals surface area contributed by atoms with Crippen molar-refractivity contribution in [3.63, 3.8) is 0 Å². The van der Waals surface area contributed by atoms with Crippen molar-refractivity contribution < 1.29 is 0 Å². The number of hydrogen-bond acceptors (Lipinski definition) is 5. The Morgan fingerprint density at radius 3 is 3.00 bits per heavy atom. The van der Waals surface area contributed by atoms with Crippen LogP contribution in [0.15, 0.2) is 23.3 Å². The minimum absolute atomic E-state index is 0.112. The van der Waals surface area contributed by atoms with Crippen LogP contribution in [-0.2, 0) is 25.9 Å². The fourth-order valence-corrected chi connectivity index (χ4v) is 4.79. The molecule has 1 N–H and O–H groups in total. The standard InChI is InChI=1S/C18H23N5OS/c1-2-23-17(24)15-13-7-3-4-8-14(13)25-16(15)21-18(23)19-9-5-11-22-12-6-10-20-22/h6,10,12H,2-5,7-9,11H2,1H3,(H,19,21). The van der Waals surface area contributed by atoms with Crippen molar-refractivity contribution in [1.29, 1.82) is 0 Å². The van der Waals surface area contributed by atoms with Gasteiger partial charge in [-0.25, -0.2) is 4.98 Å². The summed E-state index contributed by atoms with van der Waals surface area (Å²) in [7, 11) is 0. The van der Waals surface area contributed by atoms with Gasteiger partial charge in [0, 0.05) is 36.9 Å². The second kappa shape index (κ2) is 7.00. The molecule has 0 fully saturated rings. The normalized spacial score (nSPS) is 14.0. The van der Waals surface area contributed by atoms with E-state index < -0.39 is 0 Å². The molecule has 1 aliphatic rings. The molecule has 0 radical (unpaired) electrons. The van der Waals surface area contributed by atoms with Crippen molar-refractivity contribution in [2.24, 2.45) is 0 Å². The van der Waals surface area contributed by atoms with Crippen molar-refractivity contribution in [2.75, 3.05) is 11.9 Å². The molecule has 3 aromatic heterocycles. The number of aromatic nitrogens is 4. The largest absolute Gasteiger partial charge is 0.355 e. The summed E-state index contributed by atoms with van der Waals surface area (Å²) < 4.78 is 3.69. The van der Waals surface area contributed by atoms with Gasteiger partial charge in [0.05, 0.1) is 5.39 Å². The number of nitrogens with zero attached hydrogens (tertiary/aromatic N) is 4. The van der Waals surface area contributed by atoms with E-state index in [1.807, 2.05) is 23.9 Å². The smallest absolute Gasteiger partial charge is 0.263 e. The van der Waals surface area contributed by atoms with Gasteiger partial charge >= 0.3 is 0 Å². The molecule has 6 nitrogen and oxygen atoms in total. The fraction of sp³-hybridized carbons (Fsp3) is 0.500. The van der Waals surface area contributed by atoms with E-state index in [0.29, 0.717) is 12.5 Å². The predicted octanol–water partition coefficient (Wildman–Crippen LogP) is 3.06. The predicted molar refractivity (Wildman–Crippen MR) is 102 cm³/mol. The second-order valence-electron chi connectivity index (χ2n) is 6.43. The van der Waals surface area contributed by atoms with Crippen molar-refractivity contribution >= 4 is 27.5 Å². The van der Waals surface area contributed by atoms with Gasteiger partial charge in [-0.3, -0.25) is 14.0 Å². The molecule has 0 unspecified atom stereocenters. The Morgan fingerprint density at radius 2 is 2.20 bits per heavy atom. The summed E-state index contributed by atoms with van der Waals surface area (Å²) in [6.07, 6.45) is 9.19. The molecule has 0 saturated heterocycles. The zero-order valence-electron chi connectivity index (χ0n) is 14.5. The number of fused-ring (bicyclic) bond motifs is 3. The van der Waals surface area contributed by atoms with E-state index in [4.69, 9.17) is 4.98 Å². The molecule has 25 heavy (non-hydrogen) atoms. The lowest BCUT2D eigenvalue weighted by Crippen LogP contribution is -2.25. The Kier molecular flexibility index (Phi) is 4.57. The van der Waals surface area contributed by atoms with Gasteiger partial charge in [-0.1, -0.05) is 0 Å². The van der Waals surface area contributed by atoms with Gasteiger partial charge in [-0.2, -0.15) is 5.10 Å². The maximum Gasteiger partial charge on any atom is 0.263 e. The molecular formula is C18H23N5OS. The van der Waals surface area contributed by atoms with Crippen molar-refractivity contribution in [1.82, 2.24) is 19.3 Å². The van der Waals surface area contributed by atoms with Crippen LogP contribution < -0.4 is 10.9 Å². The Bertz CT molecular complexity index is 925. The highest BCUT2D eigenvalue weighted by molar-refractivity contribution is 7.18. The second-order valence-corrected chi connectivity index (χ2v) is 7.51. The average molecular weight is 357 g/mol. The third-order valence-corrected chi connectivity index (χ3v) is 5.98. The van der Waals surface area contributed by atoms with Gasteiger partial charge in [0.25, 0.3) is 5.56 Å². The molecule has 0 amide bonds. The van der Waals surface area contributed by atoms with E-state index in [9.17, 15) is 4.79 Å². The maximum absolute atomic E-state index is 13.0. The molecular weight excluding hydrogens is 334 g/mol. The molecule has 0 aliphatic heterocycles. The molecule has 7 heteroatoms. The summed E-state index contributed by atoms with van der Waals surface area (Å²) >= 11 is 1.71. The molecule has 132 valence electrons. The van der Waals surface area contributed by atoms with Crippen LogP contribution >= 0.6 is 11.3 Å². The summed E-state index contributed by atoms with van der Waals surface area (Å²) in [4.78, 5) is 20.1. The maximum atomic E-state index is 13.0. The number of anilines is 1. The summed E-state index contributed by atoms with van der Waals surface area (Å²) in [6, 6.07) is 1.93. The lowest BCUT2D eigenvalue weighted by molar-refractivity contribution is 0.589. The van der Waals surface area contributed by atoms with Gasteiger partial charge in [-0.05, 0) is 50.7 Å². The lowest BCUT2D eigenvalue weighted by Gasteiger charge is -2.13. The first-order valence-electron chi connectivity index (χ1n) is 9.04. The van der Waals surface area contributed by atoms with Gasteiger partial charge in [0.2, 0.25) is 5.95 Å². The van der Waals surface area contributed by atoms with Crippen molar-refractivity contribution in [3.05, 3.63) is 39.3 Å². The SMILES string of the molecule is CCn1c(NCCCn2cccn2)nc2sc3c(c2c1=O)CCCC3. The van der Waals surface area contributed by atoms with Crippen LogP contribution in [0.3, 0.4) is 0 Å². The number of thiophene rings is 1. The Hall–Kier alpha value is -2.15. The molecule has 0 atom stereocenters. The molecule has 0 bridgehead atoms. The number of hydrogen-bond donors (Lipinski definition) is 1. The Balaban J connectivity index is 1.58. The molecule has 0 aromatic carbocycles. The average Bonchev–Trinajstić information content (AvgIpc) is 3.26. The molecule has 4 rings (SSSR count). The Labute approximate surface area is 150 Å². The molecule has 1 aliphatic carbocycles. The van der Waals surface area contributed by atoms with Crippen LogP contribution in [0, 0.1) is 0 Å². The highest BCUT2D eigenvalue weighted by atomic mass is 32.1. The van der Waals surface area contributed by atoms with Gasteiger partial charge in [-0.15, -0.1) is 11.3 Å². The topological polar surface area (TPSA) is 64.7 Å². The van der Waals surface area contributed by atoms with Crippen molar-refractivity contribution in [2.45, 2.75) is 52.1 Å². The van der Waals surface area contributed by atoms with Crippen LogP contribution in [0.1, 0.15) is 36.6 Å². The first-order chi connectivity index (χ1) is 12.3. The third-order valence-electron chi connectivity index (χ3n) is 4.80. The van der Waals surface area contributed by atoms with Gasteiger partial charge in [0.1, 0.15) is 4.83 Å². The van der Waals surface area contributed by atoms with Crippen LogP contribution in [0.2, 0.25) is 0 Å². The number of rotatable bonds is 6.